The number of hydrogen-bond acceptors (Lipinski definition) is 1. The Balaban J connectivity index is 2.13. The number of rotatable bonds is 4. The summed E-state index contributed by atoms with van der Waals surface area (Å²) in [6.07, 6.45) is 2.00. The van der Waals surface area contributed by atoms with E-state index in [0.717, 1.165) is 12.2 Å². The Kier molecular flexibility index (Phi) is 3.69. The summed E-state index contributed by atoms with van der Waals surface area (Å²) in [6.45, 7) is 3.52. The molecule has 0 saturated carbocycles. The fraction of sp³-hybridized carbons (Fsp3) is 0.231. The molecule has 1 heterocycles. The third-order valence-electron chi connectivity index (χ3n) is 2.67. The van der Waals surface area contributed by atoms with Crippen molar-refractivity contribution in [3.8, 4) is 0 Å². The van der Waals surface area contributed by atoms with Gasteiger partial charge in [-0.05, 0) is 31.2 Å². The van der Waals surface area contributed by atoms with Crippen LogP contribution in [-0.2, 0) is 13.1 Å². The zero-order valence-corrected chi connectivity index (χ0v) is 10.3. The van der Waals surface area contributed by atoms with Crippen LogP contribution in [0.2, 0.25) is 5.02 Å². The Morgan fingerprint density at radius 2 is 2.12 bits per heavy atom. The Morgan fingerprint density at radius 3 is 2.82 bits per heavy atom. The largest absolute Gasteiger partial charge is 0.376 e. The first kappa shape index (κ1) is 12.0. The van der Waals surface area contributed by atoms with E-state index < -0.39 is 0 Å². The first-order valence-electron chi connectivity index (χ1n) is 5.54. The van der Waals surface area contributed by atoms with Gasteiger partial charge in [-0.1, -0.05) is 17.7 Å². The van der Waals surface area contributed by atoms with Gasteiger partial charge in [-0.2, -0.15) is 0 Å². The summed E-state index contributed by atoms with van der Waals surface area (Å²) in [7, 11) is 0. The molecular formula is C13H14ClFN2. The Labute approximate surface area is 105 Å². The molecule has 0 aliphatic rings. The predicted molar refractivity (Wildman–Crippen MR) is 68.8 cm³/mol. The number of halogens is 2. The van der Waals surface area contributed by atoms with Crippen LogP contribution in [0.1, 0.15) is 12.6 Å². The van der Waals surface area contributed by atoms with E-state index in [9.17, 15) is 4.39 Å². The average molecular weight is 253 g/mol. The van der Waals surface area contributed by atoms with Crippen LogP contribution in [0.3, 0.4) is 0 Å². The lowest BCUT2D eigenvalue weighted by atomic mass is 10.3. The van der Waals surface area contributed by atoms with Gasteiger partial charge in [0.2, 0.25) is 0 Å². The monoisotopic (exact) mass is 252 g/mol. The third kappa shape index (κ3) is 2.61. The molecule has 2 aromatic rings. The molecule has 2 rings (SSSR count). The quantitative estimate of drug-likeness (QED) is 0.873. The minimum atomic E-state index is -0.327. The van der Waals surface area contributed by atoms with Crippen molar-refractivity contribution in [1.82, 2.24) is 4.57 Å². The van der Waals surface area contributed by atoms with Crippen molar-refractivity contribution < 1.29 is 4.39 Å². The summed E-state index contributed by atoms with van der Waals surface area (Å²) >= 11 is 5.93. The van der Waals surface area contributed by atoms with Crippen LogP contribution < -0.4 is 5.32 Å². The molecule has 17 heavy (non-hydrogen) atoms. The molecule has 0 radical (unpaired) electrons. The maximum atomic E-state index is 13.5. The number of benzene rings is 1. The lowest BCUT2D eigenvalue weighted by Gasteiger charge is -2.11. The second-order valence-electron chi connectivity index (χ2n) is 3.74. The maximum absolute atomic E-state index is 13.5. The highest BCUT2D eigenvalue weighted by atomic mass is 35.5. The van der Waals surface area contributed by atoms with Crippen LogP contribution in [0.25, 0.3) is 0 Å². The van der Waals surface area contributed by atoms with Gasteiger partial charge in [-0.25, -0.2) is 4.39 Å². The summed E-state index contributed by atoms with van der Waals surface area (Å²) in [6, 6.07) is 8.64. The second-order valence-corrected chi connectivity index (χ2v) is 4.14. The van der Waals surface area contributed by atoms with Gasteiger partial charge in [0.25, 0.3) is 0 Å². The summed E-state index contributed by atoms with van der Waals surface area (Å²) in [5.74, 6) is -0.327. The molecule has 0 spiro atoms. The lowest BCUT2D eigenvalue weighted by molar-refractivity contribution is 0.629. The summed E-state index contributed by atoms with van der Waals surface area (Å²) < 4.78 is 15.6. The van der Waals surface area contributed by atoms with Gasteiger partial charge in [-0.3, -0.25) is 0 Å². The van der Waals surface area contributed by atoms with Crippen molar-refractivity contribution in [2.45, 2.75) is 20.0 Å². The molecule has 0 unspecified atom stereocenters. The number of hydrogen-bond donors (Lipinski definition) is 1. The van der Waals surface area contributed by atoms with Crippen LogP contribution in [0.5, 0.6) is 0 Å². The molecule has 1 aromatic carbocycles. The molecule has 90 valence electrons. The average Bonchev–Trinajstić information content (AvgIpc) is 2.76. The van der Waals surface area contributed by atoms with Crippen molar-refractivity contribution in [3.05, 3.63) is 53.1 Å². The first-order valence-corrected chi connectivity index (χ1v) is 5.92. The van der Waals surface area contributed by atoms with Gasteiger partial charge in [0.05, 0.1) is 17.3 Å². The zero-order chi connectivity index (χ0) is 12.3. The fourth-order valence-electron chi connectivity index (χ4n) is 1.76. The van der Waals surface area contributed by atoms with Crippen LogP contribution >= 0.6 is 11.6 Å². The van der Waals surface area contributed by atoms with Crippen molar-refractivity contribution in [3.63, 3.8) is 0 Å². The molecule has 1 aromatic heterocycles. The number of nitrogens with zero attached hydrogens (tertiary/aromatic N) is 1. The third-order valence-corrected chi connectivity index (χ3v) is 2.99. The molecular weight excluding hydrogens is 239 g/mol. The van der Waals surface area contributed by atoms with Gasteiger partial charge in [0.1, 0.15) is 5.82 Å². The van der Waals surface area contributed by atoms with E-state index in [1.807, 2.05) is 18.3 Å². The van der Waals surface area contributed by atoms with E-state index >= 15 is 0 Å². The molecule has 0 aliphatic carbocycles. The standard InChI is InChI=1S/C13H14ClFN2/c1-2-17-8-4-5-10(17)9-16-13-11(14)6-3-7-12(13)15/h3-8,16H,2,9H2,1H3. The van der Waals surface area contributed by atoms with Crippen LogP contribution in [0.4, 0.5) is 10.1 Å². The van der Waals surface area contributed by atoms with Crippen LogP contribution in [0, 0.1) is 5.82 Å². The number of nitrogens with one attached hydrogen (secondary N) is 1. The van der Waals surface area contributed by atoms with E-state index in [0.29, 0.717) is 17.3 Å². The SMILES string of the molecule is CCn1cccc1CNc1c(F)cccc1Cl. The summed E-state index contributed by atoms with van der Waals surface area (Å²) in [5, 5.41) is 3.43. The normalized spacial score (nSPS) is 10.5. The van der Waals surface area contributed by atoms with E-state index in [1.165, 1.54) is 6.07 Å². The molecule has 0 bridgehead atoms. The Hall–Kier alpha value is -1.48. The number of anilines is 1. The molecule has 2 nitrogen and oxygen atoms in total. The van der Waals surface area contributed by atoms with Crippen molar-refractivity contribution in [2.24, 2.45) is 0 Å². The van der Waals surface area contributed by atoms with Gasteiger partial charge in [0.15, 0.2) is 0 Å². The smallest absolute Gasteiger partial charge is 0.147 e. The molecule has 0 atom stereocenters. The second kappa shape index (κ2) is 5.23. The van der Waals surface area contributed by atoms with E-state index in [1.54, 1.807) is 12.1 Å². The van der Waals surface area contributed by atoms with Gasteiger partial charge < -0.3 is 9.88 Å². The predicted octanol–water partition coefficient (Wildman–Crippen LogP) is 3.91. The van der Waals surface area contributed by atoms with Crippen molar-refractivity contribution in [1.29, 1.82) is 0 Å². The summed E-state index contributed by atoms with van der Waals surface area (Å²) in [4.78, 5) is 0. The maximum Gasteiger partial charge on any atom is 0.147 e. The molecule has 4 heteroatoms. The topological polar surface area (TPSA) is 17.0 Å². The zero-order valence-electron chi connectivity index (χ0n) is 9.58. The number of aromatic nitrogens is 1. The molecule has 1 N–H and O–H groups in total. The molecule has 0 fully saturated rings. The van der Waals surface area contributed by atoms with E-state index in [2.05, 4.69) is 16.8 Å². The van der Waals surface area contributed by atoms with Gasteiger partial charge in [0, 0.05) is 18.4 Å². The van der Waals surface area contributed by atoms with E-state index in [-0.39, 0.29) is 5.82 Å². The first-order chi connectivity index (χ1) is 8.22. The highest BCUT2D eigenvalue weighted by Crippen LogP contribution is 2.25. The highest BCUT2D eigenvalue weighted by Gasteiger charge is 2.07. The van der Waals surface area contributed by atoms with Crippen molar-refractivity contribution in [2.75, 3.05) is 5.32 Å². The summed E-state index contributed by atoms with van der Waals surface area (Å²) in [5.41, 5.74) is 1.46. The van der Waals surface area contributed by atoms with Crippen LogP contribution in [-0.4, -0.2) is 4.57 Å². The Bertz CT molecular complexity index is 488. The van der Waals surface area contributed by atoms with Crippen LogP contribution in [0.15, 0.2) is 36.5 Å². The highest BCUT2D eigenvalue weighted by molar-refractivity contribution is 6.33. The Morgan fingerprint density at radius 1 is 1.29 bits per heavy atom. The molecule has 0 aliphatic heterocycles. The minimum absolute atomic E-state index is 0.327. The minimum Gasteiger partial charge on any atom is -0.376 e. The fourth-order valence-corrected chi connectivity index (χ4v) is 1.99. The van der Waals surface area contributed by atoms with E-state index in [4.69, 9.17) is 11.6 Å². The lowest BCUT2D eigenvalue weighted by Crippen LogP contribution is -2.07. The van der Waals surface area contributed by atoms with Crippen molar-refractivity contribution >= 4 is 17.3 Å². The van der Waals surface area contributed by atoms with Gasteiger partial charge >= 0.3 is 0 Å². The number of para-hydroxylation sites is 1. The van der Waals surface area contributed by atoms with Gasteiger partial charge in [-0.15, -0.1) is 0 Å². The number of aryl methyl sites for hydroxylation is 1. The molecule has 0 saturated heterocycles. The molecule has 0 amide bonds.